The number of halogens is 4. The Morgan fingerprint density at radius 1 is 1.00 bits per heavy atom. The number of rotatable bonds is 8. The minimum Gasteiger partial charge on any atom is -0.480 e. The summed E-state index contributed by atoms with van der Waals surface area (Å²) in [5.74, 6) is -2.50. The van der Waals surface area contributed by atoms with Gasteiger partial charge in [-0.1, -0.05) is 23.2 Å². The van der Waals surface area contributed by atoms with Crippen LogP contribution in [0.4, 0.5) is 8.78 Å². The molecule has 0 aliphatic carbocycles. The molecule has 0 aromatic heterocycles. The predicted molar refractivity (Wildman–Crippen MR) is 98.5 cm³/mol. The summed E-state index contributed by atoms with van der Waals surface area (Å²) in [6.45, 7) is -4.24. The molecule has 2 amide bonds. The molecule has 0 heterocycles. The van der Waals surface area contributed by atoms with Crippen LogP contribution in [0.15, 0.2) is 42.5 Å². The number of hydrogen-bond donors (Lipinski definition) is 1. The molecule has 154 valence electrons. The lowest BCUT2D eigenvalue weighted by molar-refractivity contribution is -0.150. The monoisotopic (exact) mass is 447 g/mol. The number of hydrogen-bond acceptors (Lipinski definition) is 6. The first-order valence-corrected chi connectivity index (χ1v) is 8.62. The summed E-state index contributed by atoms with van der Waals surface area (Å²) in [6, 6.07) is 9.07. The van der Waals surface area contributed by atoms with Crippen molar-refractivity contribution < 1.29 is 37.4 Å². The van der Waals surface area contributed by atoms with Crippen LogP contribution in [-0.4, -0.2) is 37.6 Å². The first kappa shape index (κ1) is 22.4. The van der Waals surface area contributed by atoms with Crippen molar-refractivity contribution >= 4 is 41.0 Å². The molecular weight excluding hydrogens is 435 g/mol. The summed E-state index contributed by atoms with van der Waals surface area (Å²) >= 11 is 11.6. The molecule has 0 spiro atoms. The molecule has 0 aliphatic heterocycles. The Bertz CT molecular complexity index is 892. The summed E-state index contributed by atoms with van der Waals surface area (Å²) in [7, 11) is 0. The van der Waals surface area contributed by atoms with E-state index in [1.807, 2.05) is 5.32 Å². The van der Waals surface area contributed by atoms with Crippen LogP contribution in [-0.2, 0) is 14.3 Å². The molecule has 29 heavy (non-hydrogen) atoms. The van der Waals surface area contributed by atoms with Crippen LogP contribution in [0.5, 0.6) is 11.5 Å². The fraction of sp³-hybridized carbons (Fsp3) is 0.167. The molecule has 2 aromatic rings. The Hall–Kier alpha value is -2.91. The van der Waals surface area contributed by atoms with Crippen molar-refractivity contribution in [3.63, 3.8) is 0 Å². The summed E-state index contributed by atoms with van der Waals surface area (Å²) in [6.07, 6.45) is 0. The quantitative estimate of drug-likeness (QED) is 0.623. The van der Waals surface area contributed by atoms with Crippen LogP contribution in [0.1, 0.15) is 10.4 Å². The Morgan fingerprint density at radius 2 is 1.69 bits per heavy atom. The van der Waals surface area contributed by atoms with Crippen molar-refractivity contribution in [2.45, 2.75) is 6.61 Å². The van der Waals surface area contributed by atoms with Crippen LogP contribution >= 0.6 is 23.2 Å². The van der Waals surface area contributed by atoms with Crippen LogP contribution in [0.2, 0.25) is 10.0 Å². The van der Waals surface area contributed by atoms with Gasteiger partial charge in [0.05, 0.1) is 5.02 Å². The zero-order valence-electron chi connectivity index (χ0n) is 14.5. The third kappa shape index (κ3) is 7.55. The highest BCUT2D eigenvalue weighted by atomic mass is 35.5. The summed E-state index contributed by atoms with van der Waals surface area (Å²) in [5, 5.41) is 2.56. The topological polar surface area (TPSA) is 90.9 Å². The van der Waals surface area contributed by atoms with Gasteiger partial charge < -0.3 is 14.2 Å². The molecule has 0 aliphatic rings. The number of amides is 2. The molecule has 0 saturated heterocycles. The van der Waals surface area contributed by atoms with Crippen molar-refractivity contribution in [3.05, 3.63) is 58.1 Å². The number of ether oxygens (including phenoxy) is 3. The average molecular weight is 448 g/mol. The minimum atomic E-state index is -2.99. The number of alkyl halides is 2. The average Bonchev–Trinajstić information content (AvgIpc) is 2.65. The van der Waals surface area contributed by atoms with E-state index >= 15 is 0 Å². The Morgan fingerprint density at radius 3 is 2.31 bits per heavy atom. The fourth-order valence-electron chi connectivity index (χ4n) is 1.94. The van der Waals surface area contributed by atoms with Crippen LogP contribution in [0.3, 0.4) is 0 Å². The van der Waals surface area contributed by atoms with E-state index < -0.39 is 37.6 Å². The molecule has 0 atom stereocenters. The number of carbonyl (C=O) groups excluding carboxylic acids is 3. The van der Waals surface area contributed by atoms with E-state index in [-0.39, 0.29) is 22.1 Å². The van der Waals surface area contributed by atoms with Gasteiger partial charge in [-0.3, -0.25) is 14.9 Å². The smallest absolute Gasteiger partial charge is 0.387 e. The highest BCUT2D eigenvalue weighted by Gasteiger charge is 2.14. The lowest BCUT2D eigenvalue weighted by Crippen LogP contribution is -2.34. The van der Waals surface area contributed by atoms with Gasteiger partial charge >= 0.3 is 12.6 Å². The standard InChI is InChI=1S/C18H13Cl2F2NO6/c19-11-3-6-14(13(20)7-11)27-9-16(25)28-8-15(24)23-17(26)10-1-4-12(5-2-10)29-18(21)22/h1-7,18H,8-9H2,(H,23,24,26). The number of nitrogens with one attached hydrogen (secondary N) is 1. The third-order valence-corrected chi connectivity index (χ3v) is 3.73. The Kier molecular flexibility index (Phi) is 8.17. The molecule has 1 N–H and O–H groups in total. The van der Waals surface area contributed by atoms with Gasteiger partial charge in [-0.2, -0.15) is 8.78 Å². The molecule has 2 aromatic carbocycles. The summed E-state index contributed by atoms with van der Waals surface area (Å²) in [5.41, 5.74) is 0.0204. The Labute approximate surface area is 173 Å². The number of esters is 1. The van der Waals surface area contributed by atoms with Crippen LogP contribution in [0.25, 0.3) is 0 Å². The van der Waals surface area contributed by atoms with Gasteiger partial charge in [0.1, 0.15) is 11.5 Å². The molecule has 0 radical (unpaired) electrons. The maximum absolute atomic E-state index is 12.1. The van der Waals surface area contributed by atoms with E-state index in [1.165, 1.54) is 30.3 Å². The minimum absolute atomic E-state index is 0.0204. The van der Waals surface area contributed by atoms with E-state index in [4.69, 9.17) is 27.9 Å². The lowest BCUT2D eigenvalue weighted by Gasteiger charge is -2.09. The summed E-state index contributed by atoms with van der Waals surface area (Å²) in [4.78, 5) is 35.2. The molecule has 0 saturated carbocycles. The van der Waals surface area contributed by atoms with E-state index in [1.54, 1.807) is 0 Å². The lowest BCUT2D eigenvalue weighted by atomic mass is 10.2. The van der Waals surface area contributed by atoms with Crippen molar-refractivity contribution in [1.29, 1.82) is 0 Å². The van der Waals surface area contributed by atoms with E-state index in [0.717, 1.165) is 12.1 Å². The van der Waals surface area contributed by atoms with E-state index in [2.05, 4.69) is 9.47 Å². The van der Waals surface area contributed by atoms with Gasteiger partial charge in [-0.05, 0) is 42.5 Å². The molecule has 0 unspecified atom stereocenters. The molecule has 0 fully saturated rings. The molecular formula is C18H13Cl2F2NO6. The maximum atomic E-state index is 12.1. The van der Waals surface area contributed by atoms with Gasteiger partial charge in [0.2, 0.25) is 0 Å². The van der Waals surface area contributed by atoms with Crippen molar-refractivity contribution in [3.8, 4) is 11.5 Å². The second kappa shape index (κ2) is 10.6. The van der Waals surface area contributed by atoms with Gasteiger partial charge in [-0.15, -0.1) is 0 Å². The normalized spacial score (nSPS) is 10.4. The summed E-state index contributed by atoms with van der Waals surface area (Å²) < 4.78 is 38.1. The van der Waals surface area contributed by atoms with Gasteiger partial charge in [0, 0.05) is 10.6 Å². The SMILES string of the molecule is O=C(COC(=O)COc1ccc(Cl)cc1Cl)NC(=O)c1ccc(OC(F)F)cc1. The Balaban J connectivity index is 1.75. The predicted octanol–water partition coefficient (Wildman–Crippen LogP) is 3.47. The van der Waals surface area contributed by atoms with E-state index in [9.17, 15) is 23.2 Å². The first-order chi connectivity index (χ1) is 13.7. The molecule has 7 nitrogen and oxygen atoms in total. The molecule has 2 rings (SSSR count). The highest BCUT2D eigenvalue weighted by molar-refractivity contribution is 6.35. The third-order valence-electron chi connectivity index (χ3n) is 3.20. The zero-order chi connectivity index (χ0) is 21.4. The second-order valence-electron chi connectivity index (χ2n) is 5.30. The number of imide groups is 1. The highest BCUT2D eigenvalue weighted by Crippen LogP contribution is 2.27. The van der Waals surface area contributed by atoms with Gasteiger partial charge in [0.15, 0.2) is 13.2 Å². The van der Waals surface area contributed by atoms with Gasteiger partial charge in [-0.25, -0.2) is 4.79 Å². The van der Waals surface area contributed by atoms with E-state index in [0.29, 0.717) is 5.02 Å². The van der Waals surface area contributed by atoms with Crippen molar-refractivity contribution in [1.82, 2.24) is 5.32 Å². The molecule has 0 bridgehead atoms. The van der Waals surface area contributed by atoms with Crippen LogP contribution in [0, 0.1) is 0 Å². The largest absolute Gasteiger partial charge is 0.480 e. The second-order valence-corrected chi connectivity index (χ2v) is 6.15. The van der Waals surface area contributed by atoms with Crippen LogP contribution < -0.4 is 14.8 Å². The first-order valence-electron chi connectivity index (χ1n) is 7.87. The number of carbonyl (C=O) groups is 3. The maximum Gasteiger partial charge on any atom is 0.387 e. The van der Waals surface area contributed by atoms with Crippen molar-refractivity contribution in [2.75, 3.05) is 13.2 Å². The van der Waals surface area contributed by atoms with Crippen molar-refractivity contribution in [2.24, 2.45) is 0 Å². The number of benzene rings is 2. The fourth-order valence-corrected chi connectivity index (χ4v) is 2.40. The zero-order valence-corrected chi connectivity index (χ0v) is 16.0. The molecule has 11 heteroatoms. The van der Waals surface area contributed by atoms with Gasteiger partial charge in [0.25, 0.3) is 11.8 Å².